The Morgan fingerprint density at radius 1 is 1.02 bits per heavy atom. The van der Waals surface area contributed by atoms with Gasteiger partial charge in [0.05, 0.1) is 30.1 Å². The molecular weight excluding hydrogens is 512 g/mol. The van der Waals surface area contributed by atoms with Crippen LogP contribution in [-0.2, 0) is 14.2 Å². The molecule has 5 rings (SSSR count). The molecule has 0 radical (unpaired) electrons. The second kappa shape index (κ2) is 12.5. The van der Waals surface area contributed by atoms with Gasteiger partial charge in [0.15, 0.2) is 0 Å². The van der Waals surface area contributed by atoms with Gasteiger partial charge in [-0.3, -0.25) is 5.32 Å². The Balaban J connectivity index is 1.22. The van der Waals surface area contributed by atoms with Crippen LogP contribution in [0.2, 0.25) is 0 Å². The Morgan fingerprint density at radius 3 is 2.42 bits per heavy atom. The highest BCUT2D eigenvalue weighted by atomic mass is 16.6. The van der Waals surface area contributed by atoms with E-state index in [-0.39, 0.29) is 18.8 Å². The van der Waals surface area contributed by atoms with Crippen LogP contribution >= 0.6 is 0 Å². The number of nitrogens with two attached hydrogens (primary N) is 1. The highest BCUT2D eigenvalue weighted by Gasteiger charge is 2.28. The van der Waals surface area contributed by atoms with Gasteiger partial charge in [0.2, 0.25) is 0 Å². The fourth-order valence-electron chi connectivity index (χ4n) is 5.36. The van der Waals surface area contributed by atoms with E-state index in [4.69, 9.17) is 24.7 Å². The number of nitrogen functional groups attached to an aromatic ring is 1. The fourth-order valence-corrected chi connectivity index (χ4v) is 5.36. The number of piperidine rings is 1. The summed E-state index contributed by atoms with van der Waals surface area (Å²) in [7, 11) is 1.56. The van der Waals surface area contributed by atoms with Crippen molar-refractivity contribution in [3.05, 3.63) is 42.5 Å². The number of carbonyl (C=O) groups excluding carboxylic acids is 2. The lowest BCUT2D eigenvalue weighted by Gasteiger charge is -2.31. The lowest BCUT2D eigenvalue weighted by Crippen LogP contribution is -2.42. The average Bonchev–Trinajstić information content (AvgIpc) is 3.20. The van der Waals surface area contributed by atoms with Crippen LogP contribution in [0, 0.1) is 0 Å². The summed E-state index contributed by atoms with van der Waals surface area (Å²) in [5.41, 5.74) is 11.2. The van der Waals surface area contributed by atoms with Crippen molar-refractivity contribution >= 4 is 34.5 Å². The molecule has 10 nitrogen and oxygen atoms in total. The molecule has 1 saturated heterocycles. The van der Waals surface area contributed by atoms with Crippen LogP contribution < -0.4 is 15.8 Å². The van der Waals surface area contributed by atoms with Crippen LogP contribution in [0.4, 0.5) is 21.0 Å². The SMILES string of the molecule is CCOc1ccc2c(N)c(-c3ccc(NC(=O)OC4CCN(C(=O)OCCOC)CC4)cc3)n(C3CCC3)c2c1. The summed E-state index contributed by atoms with van der Waals surface area (Å²) in [6.07, 6.45) is 3.41. The third-order valence-electron chi connectivity index (χ3n) is 7.66. The molecule has 1 aliphatic carbocycles. The van der Waals surface area contributed by atoms with Crippen molar-refractivity contribution in [2.24, 2.45) is 0 Å². The number of ether oxygens (including phenoxy) is 4. The Bertz CT molecular complexity index is 1330. The summed E-state index contributed by atoms with van der Waals surface area (Å²) in [6, 6.07) is 14.2. The summed E-state index contributed by atoms with van der Waals surface area (Å²) >= 11 is 0. The van der Waals surface area contributed by atoms with Crippen molar-refractivity contribution in [1.29, 1.82) is 0 Å². The minimum atomic E-state index is -0.513. The number of likely N-dealkylation sites (tertiary alicyclic amines) is 1. The zero-order valence-electron chi connectivity index (χ0n) is 23.2. The van der Waals surface area contributed by atoms with Crippen molar-refractivity contribution in [2.45, 2.75) is 51.2 Å². The number of rotatable bonds is 9. The molecule has 1 saturated carbocycles. The number of anilines is 2. The second-order valence-corrected chi connectivity index (χ2v) is 10.2. The van der Waals surface area contributed by atoms with Crippen LogP contribution in [0.5, 0.6) is 5.75 Å². The van der Waals surface area contributed by atoms with E-state index in [0.29, 0.717) is 50.9 Å². The maximum Gasteiger partial charge on any atom is 0.411 e. The molecular formula is C30H38N4O6. The normalized spacial score (nSPS) is 16.0. The number of benzene rings is 2. The first-order chi connectivity index (χ1) is 19.5. The molecule has 1 aromatic heterocycles. The Labute approximate surface area is 234 Å². The smallest absolute Gasteiger partial charge is 0.411 e. The Morgan fingerprint density at radius 2 is 1.77 bits per heavy atom. The summed E-state index contributed by atoms with van der Waals surface area (Å²) < 4.78 is 23.8. The molecule has 2 fully saturated rings. The van der Waals surface area contributed by atoms with Gasteiger partial charge in [-0.25, -0.2) is 9.59 Å². The quantitative estimate of drug-likeness (QED) is 0.323. The van der Waals surface area contributed by atoms with Gasteiger partial charge in [0, 0.05) is 61.8 Å². The molecule has 3 N–H and O–H groups in total. The number of methoxy groups -OCH3 is 1. The third-order valence-corrected chi connectivity index (χ3v) is 7.66. The molecule has 214 valence electrons. The standard InChI is InChI=1S/C30H38N4O6/c1-3-38-24-11-12-25-26(19-24)34(22-5-4-6-22)28(27(25)31)20-7-9-21(10-8-20)32-29(35)40-23-13-15-33(16-14-23)30(36)39-18-17-37-2/h7-12,19,22-23H,3-6,13-18,31H2,1-2H3,(H,32,35). The topological polar surface area (TPSA) is 117 Å². The van der Waals surface area contributed by atoms with E-state index in [9.17, 15) is 9.59 Å². The third kappa shape index (κ3) is 5.96. The van der Waals surface area contributed by atoms with E-state index in [1.165, 1.54) is 6.42 Å². The average molecular weight is 551 g/mol. The van der Waals surface area contributed by atoms with Gasteiger partial charge in [-0.15, -0.1) is 0 Å². The van der Waals surface area contributed by atoms with Crippen LogP contribution in [-0.4, -0.2) is 67.8 Å². The maximum absolute atomic E-state index is 12.6. The number of hydrogen-bond acceptors (Lipinski definition) is 7. The highest BCUT2D eigenvalue weighted by molar-refractivity contribution is 6.01. The van der Waals surface area contributed by atoms with E-state index >= 15 is 0 Å². The van der Waals surface area contributed by atoms with Crippen LogP contribution in [0.3, 0.4) is 0 Å². The predicted molar refractivity (Wildman–Crippen MR) is 154 cm³/mol. The monoisotopic (exact) mass is 550 g/mol. The van der Waals surface area contributed by atoms with E-state index in [1.807, 2.05) is 43.3 Å². The first kappa shape index (κ1) is 27.6. The molecule has 2 heterocycles. The minimum absolute atomic E-state index is 0.219. The van der Waals surface area contributed by atoms with Crippen molar-refractivity contribution in [3.8, 4) is 17.0 Å². The van der Waals surface area contributed by atoms with Gasteiger partial charge >= 0.3 is 12.2 Å². The number of nitrogens with one attached hydrogen (secondary N) is 1. The number of carbonyl (C=O) groups is 2. The molecule has 3 aromatic rings. The Kier molecular flexibility index (Phi) is 8.64. The predicted octanol–water partition coefficient (Wildman–Crippen LogP) is 5.81. The number of fused-ring (bicyclic) bond motifs is 1. The molecule has 0 unspecified atom stereocenters. The molecule has 0 spiro atoms. The molecule has 1 aliphatic heterocycles. The second-order valence-electron chi connectivity index (χ2n) is 10.2. The lowest BCUT2D eigenvalue weighted by molar-refractivity contribution is 0.0388. The maximum atomic E-state index is 12.6. The lowest BCUT2D eigenvalue weighted by atomic mass is 9.92. The molecule has 2 aliphatic rings. The number of nitrogens with zero attached hydrogens (tertiary/aromatic N) is 2. The summed E-state index contributed by atoms with van der Waals surface area (Å²) in [6.45, 7) is 4.11. The van der Waals surface area contributed by atoms with E-state index in [1.54, 1.807) is 12.0 Å². The van der Waals surface area contributed by atoms with Gasteiger partial charge < -0.3 is 34.1 Å². The molecule has 2 aromatic carbocycles. The summed E-state index contributed by atoms with van der Waals surface area (Å²) in [5.74, 6) is 0.838. The van der Waals surface area contributed by atoms with E-state index in [0.717, 1.165) is 46.4 Å². The van der Waals surface area contributed by atoms with Crippen molar-refractivity contribution in [3.63, 3.8) is 0 Å². The van der Waals surface area contributed by atoms with Gasteiger partial charge in [0.25, 0.3) is 0 Å². The fraction of sp³-hybridized carbons (Fsp3) is 0.467. The number of aromatic nitrogens is 1. The molecule has 2 amide bonds. The van der Waals surface area contributed by atoms with Gasteiger partial charge in [-0.1, -0.05) is 12.1 Å². The van der Waals surface area contributed by atoms with E-state index in [2.05, 4.69) is 16.0 Å². The van der Waals surface area contributed by atoms with E-state index < -0.39 is 6.09 Å². The van der Waals surface area contributed by atoms with Gasteiger partial charge in [-0.2, -0.15) is 0 Å². The van der Waals surface area contributed by atoms with Crippen molar-refractivity contribution in [2.75, 3.05) is 51.1 Å². The van der Waals surface area contributed by atoms with Crippen molar-refractivity contribution < 1.29 is 28.5 Å². The minimum Gasteiger partial charge on any atom is -0.494 e. The largest absolute Gasteiger partial charge is 0.494 e. The van der Waals surface area contributed by atoms with Crippen LogP contribution in [0.15, 0.2) is 42.5 Å². The van der Waals surface area contributed by atoms with Gasteiger partial charge in [-0.05, 0) is 50.5 Å². The first-order valence-corrected chi connectivity index (χ1v) is 14.0. The van der Waals surface area contributed by atoms with Gasteiger partial charge in [0.1, 0.15) is 18.5 Å². The molecule has 0 bridgehead atoms. The Hall–Kier alpha value is -3.92. The van der Waals surface area contributed by atoms with Crippen LogP contribution in [0.25, 0.3) is 22.2 Å². The molecule has 40 heavy (non-hydrogen) atoms. The van der Waals surface area contributed by atoms with Crippen LogP contribution in [0.1, 0.15) is 45.1 Å². The highest BCUT2D eigenvalue weighted by Crippen LogP contribution is 2.45. The van der Waals surface area contributed by atoms with Crippen molar-refractivity contribution in [1.82, 2.24) is 9.47 Å². The summed E-state index contributed by atoms with van der Waals surface area (Å²) in [5, 5.41) is 3.84. The number of amides is 2. The summed E-state index contributed by atoms with van der Waals surface area (Å²) in [4.78, 5) is 26.3. The zero-order chi connectivity index (χ0) is 28.1. The molecule has 10 heteroatoms. The first-order valence-electron chi connectivity index (χ1n) is 14.0. The number of hydrogen-bond donors (Lipinski definition) is 2. The zero-order valence-corrected chi connectivity index (χ0v) is 23.2. The molecule has 0 atom stereocenters.